The van der Waals surface area contributed by atoms with Gasteiger partial charge in [-0.15, -0.1) is 0 Å². The summed E-state index contributed by atoms with van der Waals surface area (Å²) in [6, 6.07) is 1.79. The third-order valence-corrected chi connectivity index (χ3v) is 4.26. The first-order chi connectivity index (χ1) is 8.75. The summed E-state index contributed by atoms with van der Waals surface area (Å²) in [5.41, 5.74) is 0. The summed E-state index contributed by atoms with van der Waals surface area (Å²) < 4.78 is 2.01. The van der Waals surface area contributed by atoms with Gasteiger partial charge in [0.05, 0.1) is 6.54 Å². The zero-order chi connectivity index (χ0) is 12.5. The van der Waals surface area contributed by atoms with Crippen LogP contribution in [0.5, 0.6) is 0 Å². The van der Waals surface area contributed by atoms with Crippen LogP contribution in [0.4, 0.5) is 0 Å². The van der Waals surface area contributed by atoms with E-state index in [0.717, 1.165) is 18.4 Å². The maximum atomic E-state index is 4.36. The molecule has 0 aromatic carbocycles. The van der Waals surface area contributed by atoms with E-state index in [1.54, 1.807) is 6.33 Å². The average molecular weight is 249 g/mol. The van der Waals surface area contributed by atoms with E-state index in [1.165, 1.54) is 32.4 Å². The molecule has 5 heteroatoms. The molecule has 3 rings (SSSR count). The third kappa shape index (κ3) is 2.17. The van der Waals surface area contributed by atoms with Crippen LogP contribution in [0.25, 0.3) is 0 Å². The van der Waals surface area contributed by atoms with Crippen molar-refractivity contribution in [3.05, 3.63) is 12.2 Å². The quantitative estimate of drug-likeness (QED) is 0.870. The summed E-state index contributed by atoms with van der Waals surface area (Å²) in [6.07, 6.45) is 5.66. The Morgan fingerprint density at radius 2 is 2.28 bits per heavy atom. The van der Waals surface area contributed by atoms with Gasteiger partial charge in [-0.2, -0.15) is 5.10 Å². The van der Waals surface area contributed by atoms with E-state index < -0.39 is 0 Å². The van der Waals surface area contributed by atoms with Crippen LogP contribution in [-0.2, 0) is 6.54 Å². The van der Waals surface area contributed by atoms with Gasteiger partial charge in [0, 0.05) is 24.7 Å². The van der Waals surface area contributed by atoms with E-state index in [4.69, 9.17) is 0 Å². The van der Waals surface area contributed by atoms with Gasteiger partial charge in [-0.25, -0.2) is 9.67 Å². The van der Waals surface area contributed by atoms with Crippen LogP contribution in [0.3, 0.4) is 0 Å². The van der Waals surface area contributed by atoms with Crippen LogP contribution < -0.4 is 5.32 Å². The Hall–Kier alpha value is -0.940. The topological polar surface area (TPSA) is 46.0 Å². The molecular weight excluding hydrogens is 226 g/mol. The smallest absolute Gasteiger partial charge is 0.141 e. The van der Waals surface area contributed by atoms with Crippen molar-refractivity contribution >= 4 is 0 Å². The Labute approximate surface area is 109 Å². The highest BCUT2D eigenvalue weighted by molar-refractivity contribution is 4.97. The highest BCUT2D eigenvalue weighted by atomic mass is 15.4. The first-order valence-corrected chi connectivity index (χ1v) is 7.11. The Bertz CT molecular complexity index is 400. The van der Waals surface area contributed by atoms with Crippen molar-refractivity contribution in [2.75, 3.05) is 13.1 Å². The van der Waals surface area contributed by atoms with Crippen molar-refractivity contribution in [3.63, 3.8) is 0 Å². The largest absolute Gasteiger partial charge is 0.305 e. The Balaban J connectivity index is 1.59. The summed E-state index contributed by atoms with van der Waals surface area (Å²) in [6.45, 7) is 7.69. The van der Waals surface area contributed by atoms with Gasteiger partial charge in [0.1, 0.15) is 12.2 Å². The monoisotopic (exact) mass is 249 g/mol. The SMILES string of the molecule is CC(C)n1ncnc1CNC1CCN2CCCC12. The van der Waals surface area contributed by atoms with Gasteiger partial charge in [-0.1, -0.05) is 0 Å². The lowest BCUT2D eigenvalue weighted by Crippen LogP contribution is -2.39. The van der Waals surface area contributed by atoms with Crippen LogP contribution in [0.2, 0.25) is 0 Å². The minimum Gasteiger partial charge on any atom is -0.305 e. The van der Waals surface area contributed by atoms with E-state index in [1.807, 2.05) is 4.68 Å². The normalized spacial score (nSPS) is 28.2. The molecule has 2 aliphatic heterocycles. The lowest BCUT2D eigenvalue weighted by Gasteiger charge is -2.21. The molecule has 0 bridgehead atoms. The predicted octanol–water partition coefficient (Wildman–Crippen LogP) is 1.19. The van der Waals surface area contributed by atoms with E-state index in [2.05, 4.69) is 34.1 Å². The Morgan fingerprint density at radius 3 is 3.11 bits per heavy atom. The van der Waals surface area contributed by atoms with Gasteiger partial charge >= 0.3 is 0 Å². The third-order valence-electron chi connectivity index (χ3n) is 4.26. The zero-order valence-corrected chi connectivity index (χ0v) is 11.3. The van der Waals surface area contributed by atoms with Crippen molar-refractivity contribution in [2.45, 2.75) is 57.8 Å². The van der Waals surface area contributed by atoms with E-state index in [-0.39, 0.29) is 0 Å². The lowest BCUT2D eigenvalue weighted by atomic mass is 10.1. The predicted molar refractivity (Wildman–Crippen MR) is 70.2 cm³/mol. The van der Waals surface area contributed by atoms with Crippen molar-refractivity contribution in [3.8, 4) is 0 Å². The van der Waals surface area contributed by atoms with Crippen molar-refractivity contribution in [1.29, 1.82) is 0 Å². The van der Waals surface area contributed by atoms with Gasteiger partial charge in [-0.05, 0) is 39.7 Å². The maximum absolute atomic E-state index is 4.36. The molecule has 2 unspecified atom stereocenters. The Kier molecular flexibility index (Phi) is 3.35. The second-order valence-electron chi connectivity index (χ2n) is 5.74. The fraction of sp³-hybridized carbons (Fsp3) is 0.846. The number of nitrogens with zero attached hydrogens (tertiary/aromatic N) is 4. The Morgan fingerprint density at radius 1 is 1.39 bits per heavy atom. The number of fused-ring (bicyclic) bond motifs is 1. The van der Waals surface area contributed by atoms with E-state index in [0.29, 0.717) is 12.1 Å². The van der Waals surface area contributed by atoms with Crippen molar-refractivity contribution in [2.24, 2.45) is 0 Å². The number of nitrogens with one attached hydrogen (secondary N) is 1. The van der Waals surface area contributed by atoms with Crippen LogP contribution >= 0.6 is 0 Å². The fourth-order valence-corrected chi connectivity index (χ4v) is 3.37. The van der Waals surface area contributed by atoms with Crippen LogP contribution in [0, 0.1) is 0 Å². The molecule has 2 atom stereocenters. The molecule has 1 aromatic heterocycles. The standard InChI is InChI=1S/C13H23N5/c1-10(2)18-13(15-9-16-18)8-14-11-5-7-17-6-3-4-12(11)17/h9-12,14H,3-8H2,1-2H3. The summed E-state index contributed by atoms with van der Waals surface area (Å²) in [5.74, 6) is 1.06. The minimum absolute atomic E-state index is 0.385. The summed E-state index contributed by atoms with van der Waals surface area (Å²) >= 11 is 0. The fourth-order valence-electron chi connectivity index (χ4n) is 3.37. The van der Waals surface area contributed by atoms with E-state index >= 15 is 0 Å². The number of aromatic nitrogens is 3. The molecule has 0 amide bonds. The molecular formula is C13H23N5. The lowest BCUT2D eigenvalue weighted by molar-refractivity contribution is 0.296. The van der Waals surface area contributed by atoms with Crippen molar-refractivity contribution in [1.82, 2.24) is 25.0 Å². The molecule has 1 aromatic rings. The second kappa shape index (κ2) is 4.97. The molecule has 3 heterocycles. The van der Waals surface area contributed by atoms with Gasteiger partial charge in [0.25, 0.3) is 0 Å². The van der Waals surface area contributed by atoms with Crippen molar-refractivity contribution < 1.29 is 0 Å². The molecule has 100 valence electrons. The summed E-state index contributed by atoms with van der Waals surface area (Å²) in [5, 5.41) is 7.97. The number of rotatable bonds is 4. The van der Waals surface area contributed by atoms with E-state index in [9.17, 15) is 0 Å². The van der Waals surface area contributed by atoms with Gasteiger partial charge in [-0.3, -0.25) is 4.90 Å². The van der Waals surface area contributed by atoms with Gasteiger partial charge < -0.3 is 5.32 Å². The number of hydrogen-bond donors (Lipinski definition) is 1. The highest BCUT2D eigenvalue weighted by Crippen LogP contribution is 2.28. The second-order valence-corrected chi connectivity index (χ2v) is 5.74. The molecule has 0 spiro atoms. The molecule has 2 aliphatic rings. The zero-order valence-electron chi connectivity index (χ0n) is 11.3. The van der Waals surface area contributed by atoms with Crippen LogP contribution in [-0.4, -0.2) is 44.8 Å². The molecule has 0 aliphatic carbocycles. The highest BCUT2D eigenvalue weighted by Gasteiger charge is 2.36. The molecule has 5 nitrogen and oxygen atoms in total. The van der Waals surface area contributed by atoms with Crippen LogP contribution in [0.15, 0.2) is 6.33 Å². The molecule has 2 fully saturated rings. The van der Waals surface area contributed by atoms with Gasteiger partial charge in [0.15, 0.2) is 0 Å². The molecule has 2 saturated heterocycles. The summed E-state index contributed by atoms with van der Waals surface area (Å²) in [7, 11) is 0. The molecule has 0 saturated carbocycles. The minimum atomic E-state index is 0.385. The van der Waals surface area contributed by atoms with Gasteiger partial charge in [0.2, 0.25) is 0 Å². The van der Waals surface area contributed by atoms with Crippen LogP contribution in [0.1, 0.15) is 45.0 Å². The molecule has 0 radical (unpaired) electrons. The molecule has 1 N–H and O–H groups in total. The average Bonchev–Trinajstić information content (AvgIpc) is 3.03. The maximum Gasteiger partial charge on any atom is 0.141 e. The molecule has 18 heavy (non-hydrogen) atoms. The number of hydrogen-bond acceptors (Lipinski definition) is 4. The first-order valence-electron chi connectivity index (χ1n) is 7.11. The summed E-state index contributed by atoms with van der Waals surface area (Å²) in [4.78, 5) is 6.99. The first kappa shape index (κ1) is 12.1.